The monoisotopic (exact) mass is 325 g/mol. The van der Waals surface area contributed by atoms with Crippen molar-refractivity contribution in [2.75, 3.05) is 0 Å². The lowest BCUT2D eigenvalue weighted by atomic mass is 10.0. The molecule has 1 unspecified atom stereocenters. The maximum atomic E-state index is 12.7. The third kappa shape index (κ3) is 5.47. The van der Waals surface area contributed by atoms with E-state index in [9.17, 15) is 18.0 Å². The Hall–Kier alpha value is -2.24. The van der Waals surface area contributed by atoms with Crippen molar-refractivity contribution >= 4 is 5.91 Å². The van der Waals surface area contributed by atoms with E-state index in [0.29, 0.717) is 18.4 Å². The maximum Gasteiger partial charge on any atom is 0.416 e. The van der Waals surface area contributed by atoms with Gasteiger partial charge in [-0.1, -0.05) is 18.2 Å². The number of hydrogen-bond donors (Lipinski definition) is 1. The number of furan rings is 1. The molecule has 23 heavy (non-hydrogen) atoms. The Morgan fingerprint density at radius 3 is 2.70 bits per heavy atom. The number of amides is 1. The van der Waals surface area contributed by atoms with Gasteiger partial charge in [0.05, 0.1) is 11.8 Å². The van der Waals surface area contributed by atoms with Crippen LogP contribution in [0.25, 0.3) is 0 Å². The highest BCUT2D eigenvalue weighted by atomic mass is 19.4. The fourth-order valence-corrected chi connectivity index (χ4v) is 2.32. The molecule has 1 amide bonds. The molecular formula is C17H18F3NO2. The predicted molar refractivity (Wildman–Crippen MR) is 79.8 cm³/mol. The molecule has 6 heteroatoms. The summed E-state index contributed by atoms with van der Waals surface area (Å²) >= 11 is 0. The average Bonchev–Trinajstić information content (AvgIpc) is 2.97. The second-order valence-corrected chi connectivity index (χ2v) is 5.45. The van der Waals surface area contributed by atoms with E-state index in [1.54, 1.807) is 31.4 Å². The molecule has 0 spiro atoms. The summed E-state index contributed by atoms with van der Waals surface area (Å²) in [5.74, 6) is 0.576. The van der Waals surface area contributed by atoms with Gasteiger partial charge in [-0.25, -0.2) is 0 Å². The van der Waals surface area contributed by atoms with E-state index in [1.807, 2.05) is 0 Å². The summed E-state index contributed by atoms with van der Waals surface area (Å²) in [6, 6.07) is 8.46. The zero-order chi connectivity index (χ0) is 16.9. The lowest BCUT2D eigenvalue weighted by Gasteiger charge is -2.15. The molecule has 1 aromatic heterocycles. The van der Waals surface area contributed by atoms with Crippen molar-refractivity contribution in [3.63, 3.8) is 0 Å². The quantitative estimate of drug-likeness (QED) is 0.873. The summed E-state index contributed by atoms with van der Waals surface area (Å²) in [7, 11) is 0. The minimum absolute atomic E-state index is 0.152. The van der Waals surface area contributed by atoms with Crippen molar-refractivity contribution in [3.05, 3.63) is 59.5 Å². The number of carbonyl (C=O) groups excluding carboxylic acids is 1. The zero-order valence-electron chi connectivity index (χ0n) is 12.7. The van der Waals surface area contributed by atoms with Crippen molar-refractivity contribution in [3.8, 4) is 0 Å². The molecule has 124 valence electrons. The number of hydrogen-bond acceptors (Lipinski definition) is 2. The van der Waals surface area contributed by atoms with Crippen LogP contribution in [0.2, 0.25) is 0 Å². The number of carbonyl (C=O) groups is 1. The molecule has 1 aromatic carbocycles. The molecule has 2 rings (SSSR count). The standard InChI is InChI=1S/C17H18F3NO2/c1-12(21-16(22)8-7-15-6-3-9-23-15)10-13-4-2-5-14(11-13)17(18,19)20/h2-6,9,11-12H,7-8,10H2,1H3,(H,21,22). The summed E-state index contributed by atoms with van der Waals surface area (Å²) in [5.41, 5.74) is -0.134. The van der Waals surface area contributed by atoms with Crippen LogP contribution in [0, 0.1) is 0 Å². The Morgan fingerprint density at radius 1 is 1.26 bits per heavy atom. The third-order valence-electron chi connectivity index (χ3n) is 3.38. The Morgan fingerprint density at radius 2 is 2.04 bits per heavy atom. The molecule has 0 aliphatic rings. The summed E-state index contributed by atoms with van der Waals surface area (Å²) < 4.78 is 43.2. The number of alkyl halides is 3. The molecule has 1 N–H and O–H groups in total. The van der Waals surface area contributed by atoms with Gasteiger partial charge >= 0.3 is 6.18 Å². The van der Waals surface area contributed by atoms with E-state index in [1.165, 1.54) is 6.07 Å². The highest BCUT2D eigenvalue weighted by Gasteiger charge is 2.30. The summed E-state index contributed by atoms with van der Waals surface area (Å²) in [6.07, 6.45) is -1.69. The van der Waals surface area contributed by atoms with Gasteiger partial charge in [-0.3, -0.25) is 4.79 Å². The number of aryl methyl sites for hydroxylation is 1. The van der Waals surface area contributed by atoms with Crippen molar-refractivity contribution in [1.29, 1.82) is 0 Å². The van der Waals surface area contributed by atoms with Crippen molar-refractivity contribution in [2.24, 2.45) is 0 Å². The first kappa shape index (κ1) is 17.1. The molecule has 0 aliphatic carbocycles. The lowest BCUT2D eigenvalue weighted by molar-refractivity contribution is -0.137. The molecule has 0 fully saturated rings. The largest absolute Gasteiger partial charge is 0.469 e. The van der Waals surface area contributed by atoms with Gasteiger partial charge in [0.15, 0.2) is 0 Å². The van der Waals surface area contributed by atoms with Crippen LogP contribution in [0.4, 0.5) is 13.2 Å². The second kappa shape index (κ2) is 7.35. The normalized spacial score (nSPS) is 12.9. The Kier molecular flexibility index (Phi) is 5.47. The molecule has 0 bridgehead atoms. The van der Waals surface area contributed by atoms with Crippen molar-refractivity contribution in [1.82, 2.24) is 5.32 Å². The third-order valence-corrected chi connectivity index (χ3v) is 3.38. The second-order valence-electron chi connectivity index (χ2n) is 5.45. The lowest BCUT2D eigenvalue weighted by Crippen LogP contribution is -2.34. The van der Waals surface area contributed by atoms with Crippen molar-refractivity contribution < 1.29 is 22.4 Å². The van der Waals surface area contributed by atoms with E-state index < -0.39 is 11.7 Å². The molecule has 0 saturated carbocycles. The topological polar surface area (TPSA) is 42.2 Å². The number of benzene rings is 1. The Balaban J connectivity index is 1.84. The van der Waals surface area contributed by atoms with Gasteiger partial charge in [-0.2, -0.15) is 13.2 Å². The van der Waals surface area contributed by atoms with Crippen LogP contribution in [0.1, 0.15) is 30.2 Å². The maximum absolute atomic E-state index is 12.7. The summed E-state index contributed by atoms with van der Waals surface area (Å²) in [4.78, 5) is 11.8. The van der Waals surface area contributed by atoms with Crippen molar-refractivity contribution in [2.45, 2.75) is 38.4 Å². The highest BCUT2D eigenvalue weighted by molar-refractivity contribution is 5.76. The molecule has 0 radical (unpaired) electrons. The first-order valence-corrected chi connectivity index (χ1v) is 7.32. The Bertz CT molecular complexity index is 636. The van der Waals surface area contributed by atoms with Gasteiger partial charge in [0.1, 0.15) is 5.76 Å². The van der Waals surface area contributed by atoms with Crippen LogP contribution >= 0.6 is 0 Å². The average molecular weight is 325 g/mol. The first-order valence-electron chi connectivity index (χ1n) is 7.32. The van der Waals surface area contributed by atoms with Gasteiger partial charge < -0.3 is 9.73 Å². The molecule has 3 nitrogen and oxygen atoms in total. The molecule has 2 aromatic rings. The molecular weight excluding hydrogens is 307 g/mol. The van der Waals surface area contributed by atoms with Gasteiger partial charge in [-0.15, -0.1) is 0 Å². The fraction of sp³-hybridized carbons (Fsp3) is 0.353. The van der Waals surface area contributed by atoms with E-state index >= 15 is 0 Å². The molecule has 0 aliphatic heterocycles. The van der Waals surface area contributed by atoms with Crippen LogP contribution < -0.4 is 5.32 Å². The SMILES string of the molecule is CC(Cc1cccc(C(F)(F)F)c1)NC(=O)CCc1ccco1. The first-order chi connectivity index (χ1) is 10.8. The number of nitrogens with one attached hydrogen (secondary N) is 1. The molecule has 1 heterocycles. The minimum atomic E-state index is -4.36. The van der Waals surface area contributed by atoms with Gasteiger partial charge in [-0.05, 0) is 37.1 Å². The van der Waals surface area contributed by atoms with E-state index in [4.69, 9.17) is 4.42 Å². The van der Waals surface area contributed by atoms with Crippen LogP contribution in [0.15, 0.2) is 47.1 Å². The van der Waals surface area contributed by atoms with Gasteiger partial charge in [0.2, 0.25) is 5.91 Å². The summed E-state index contributed by atoms with van der Waals surface area (Å²) in [5, 5.41) is 2.79. The number of halogens is 3. The van der Waals surface area contributed by atoms with E-state index in [2.05, 4.69) is 5.32 Å². The van der Waals surface area contributed by atoms with Crippen LogP contribution in [0.3, 0.4) is 0 Å². The predicted octanol–water partition coefficient (Wildman–Crippen LogP) is 3.98. The zero-order valence-corrected chi connectivity index (χ0v) is 12.7. The molecule has 1 atom stereocenters. The van der Waals surface area contributed by atoms with Gasteiger partial charge in [0.25, 0.3) is 0 Å². The smallest absolute Gasteiger partial charge is 0.416 e. The van der Waals surface area contributed by atoms with E-state index in [-0.39, 0.29) is 18.4 Å². The van der Waals surface area contributed by atoms with Gasteiger partial charge in [0, 0.05) is 18.9 Å². The summed E-state index contributed by atoms with van der Waals surface area (Å²) in [6.45, 7) is 1.77. The molecule has 0 saturated heterocycles. The van der Waals surface area contributed by atoms with Crippen LogP contribution in [-0.4, -0.2) is 11.9 Å². The highest BCUT2D eigenvalue weighted by Crippen LogP contribution is 2.29. The van der Waals surface area contributed by atoms with Crippen LogP contribution in [-0.2, 0) is 23.8 Å². The fourth-order valence-electron chi connectivity index (χ4n) is 2.32. The van der Waals surface area contributed by atoms with E-state index in [0.717, 1.165) is 17.9 Å². The number of rotatable bonds is 6. The Labute approximate surface area is 132 Å². The van der Waals surface area contributed by atoms with Crippen LogP contribution in [0.5, 0.6) is 0 Å². The minimum Gasteiger partial charge on any atom is -0.469 e.